The van der Waals surface area contributed by atoms with Gasteiger partial charge in [-0.15, -0.1) is 5.10 Å². The Morgan fingerprint density at radius 1 is 1.39 bits per heavy atom. The summed E-state index contributed by atoms with van der Waals surface area (Å²) in [6, 6.07) is 7.11. The number of carbonyl (C=O) groups excluding carboxylic acids is 1. The molecule has 2 aromatic rings. The number of aromatic nitrogens is 3. The van der Waals surface area contributed by atoms with E-state index in [4.69, 9.17) is 16.7 Å². The highest BCUT2D eigenvalue weighted by Gasteiger charge is 2.20. The molecule has 23 heavy (non-hydrogen) atoms. The lowest BCUT2D eigenvalue weighted by atomic mass is 10.2. The van der Waals surface area contributed by atoms with Gasteiger partial charge in [-0.3, -0.25) is 9.59 Å². The topological polar surface area (TPSA) is 97.1 Å². The SMILES string of the molecule is CCCc1c(C(=O)NCCC(=O)O)nnn1-c1cccc(Cl)c1. The fraction of sp³-hybridized carbons (Fsp3) is 0.333. The fourth-order valence-electron chi connectivity index (χ4n) is 2.12. The number of amides is 1. The minimum absolute atomic E-state index is 0.0454. The molecule has 0 saturated carbocycles. The molecule has 0 bridgehead atoms. The number of nitrogens with zero attached hydrogens (tertiary/aromatic N) is 3. The molecule has 8 heteroatoms. The average Bonchev–Trinajstić information content (AvgIpc) is 2.91. The van der Waals surface area contributed by atoms with E-state index in [1.54, 1.807) is 22.9 Å². The van der Waals surface area contributed by atoms with E-state index in [0.717, 1.165) is 12.1 Å². The van der Waals surface area contributed by atoms with Gasteiger partial charge in [0, 0.05) is 11.6 Å². The maximum atomic E-state index is 12.2. The third-order valence-electron chi connectivity index (χ3n) is 3.14. The first-order valence-corrected chi connectivity index (χ1v) is 7.61. The van der Waals surface area contributed by atoms with E-state index >= 15 is 0 Å². The Labute approximate surface area is 138 Å². The summed E-state index contributed by atoms with van der Waals surface area (Å²) in [7, 11) is 0. The number of carbonyl (C=O) groups is 2. The molecule has 0 saturated heterocycles. The van der Waals surface area contributed by atoms with E-state index in [0.29, 0.717) is 17.1 Å². The second-order valence-electron chi connectivity index (χ2n) is 4.93. The molecule has 0 aliphatic carbocycles. The Balaban J connectivity index is 2.27. The third-order valence-corrected chi connectivity index (χ3v) is 3.38. The van der Waals surface area contributed by atoms with Crippen LogP contribution in [-0.4, -0.2) is 38.5 Å². The smallest absolute Gasteiger partial charge is 0.305 e. The second kappa shape index (κ2) is 7.73. The predicted molar refractivity (Wildman–Crippen MR) is 85.0 cm³/mol. The van der Waals surface area contributed by atoms with Gasteiger partial charge in [-0.05, 0) is 24.6 Å². The molecule has 7 nitrogen and oxygen atoms in total. The number of halogens is 1. The lowest BCUT2D eigenvalue weighted by Crippen LogP contribution is -2.27. The Hall–Kier alpha value is -2.41. The van der Waals surface area contributed by atoms with Crippen LogP contribution >= 0.6 is 11.6 Å². The summed E-state index contributed by atoms with van der Waals surface area (Å²) in [5, 5.41) is 19.7. The van der Waals surface area contributed by atoms with Gasteiger partial charge in [0.05, 0.1) is 17.8 Å². The molecule has 0 radical (unpaired) electrons. The molecule has 0 unspecified atom stereocenters. The number of nitrogens with one attached hydrogen (secondary N) is 1. The van der Waals surface area contributed by atoms with Crippen LogP contribution in [-0.2, 0) is 11.2 Å². The van der Waals surface area contributed by atoms with Gasteiger partial charge >= 0.3 is 5.97 Å². The van der Waals surface area contributed by atoms with Crippen LogP contribution in [0.25, 0.3) is 5.69 Å². The minimum Gasteiger partial charge on any atom is -0.481 e. The fourth-order valence-corrected chi connectivity index (χ4v) is 2.31. The molecule has 0 spiro atoms. The highest BCUT2D eigenvalue weighted by Crippen LogP contribution is 2.18. The van der Waals surface area contributed by atoms with E-state index in [-0.39, 0.29) is 18.7 Å². The van der Waals surface area contributed by atoms with E-state index < -0.39 is 11.9 Å². The first-order valence-electron chi connectivity index (χ1n) is 7.23. The Bertz CT molecular complexity index is 714. The molecule has 1 aromatic heterocycles. The summed E-state index contributed by atoms with van der Waals surface area (Å²) in [4.78, 5) is 22.7. The number of carboxylic acids is 1. The highest BCUT2D eigenvalue weighted by molar-refractivity contribution is 6.30. The summed E-state index contributed by atoms with van der Waals surface area (Å²) in [6.45, 7) is 2.03. The number of benzene rings is 1. The van der Waals surface area contributed by atoms with Crippen molar-refractivity contribution >= 4 is 23.5 Å². The third kappa shape index (κ3) is 4.29. The van der Waals surface area contributed by atoms with E-state index in [1.165, 1.54) is 0 Å². The molecular formula is C15H17ClN4O3. The molecular weight excluding hydrogens is 320 g/mol. The average molecular weight is 337 g/mol. The van der Waals surface area contributed by atoms with E-state index in [1.807, 2.05) is 13.0 Å². The Kier molecular flexibility index (Phi) is 5.70. The number of rotatable bonds is 7. The monoisotopic (exact) mass is 336 g/mol. The molecule has 0 fully saturated rings. The van der Waals surface area contributed by atoms with Crippen LogP contribution < -0.4 is 5.32 Å². The van der Waals surface area contributed by atoms with Crippen molar-refractivity contribution in [2.75, 3.05) is 6.54 Å². The van der Waals surface area contributed by atoms with Crippen molar-refractivity contribution in [3.8, 4) is 5.69 Å². The zero-order chi connectivity index (χ0) is 16.8. The molecule has 2 rings (SSSR count). The van der Waals surface area contributed by atoms with Gasteiger partial charge in [0.2, 0.25) is 0 Å². The van der Waals surface area contributed by atoms with Gasteiger partial charge in [-0.1, -0.05) is 36.2 Å². The number of aliphatic carboxylic acids is 1. The van der Waals surface area contributed by atoms with Crippen molar-refractivity contribution in [3.05, 3.63) is 40.7 Å². The normalized spacial score (nSPS) is 10.5. The maximum absolute atomic E-state index is 12.2. The summed E-state index contributed by atoms with van der Waals surface area (Å²) >= 11 is 6.00. The van der Waals surface area contributed by atoms with Crippen LogP contribution in [0.1, 0.15) is 35.9 Å². The Morgan fingerprint density at radius 3 is 2.83 bits per heavy atom. The standard InChI is InChI=1S/C15H17ClN4O3/c1-2-4-12-14(15(23)17-8-7-13(21)22)18-19-20(12)11-6-3-5-10(16)9-11/h3,5-6,9H,2,4,7-8H2,1H3,(H,17,23)(H,21,22). The second-order valence-corrected chi connectivity index (χ2v) is 5.36. The summed E-state index contributed by atoms with van der Waals surface area (Å²) in [5.41, 5.74) is 1.60. The molecule has 1 aromatic carbocycles. The van der Waals surface area contributed by atoms with Crippen LogP contribution in [0.4, 0.5) is 0 Å². The molecule has 0 aliphatic heterocycles. The van der Waals surface area contributed by atoms with E-state index in [9.17, 15) is 9.59 Å². The van der Waals surface area contributed by atoms with E-state index in [2.05, 4.69) is 15.6 Å². The molecule has 0 aliphatic rings. The van der Waals surface area contributed by atoms with Crippen molar-refractivity contribution in [1.29, 1.82) is 0 Å². The van der Waals surface area contributed by atoms with Gasteiger partial charge in [0.15, 0.2) is 5.69 Å². The largest absolute Gasteiger partial charge is 0.481 e. The van der Waals surface area contributed by atoms with Gasteiger partial charge < -0.3 is 10.4 Å². The first-order chi connectivity index (χ1) is 11.0. The lowest BCUT2D eigenvalue weighted by molar-refractivity contribution is -0.136. The van der Waals surface area contributed by atoms with Crippen LogP contribution in [0.2, 0.25) is 5.02 Å². The first kappa shape index (κ1) is 17.0. The summed E-state index contributed by atoms with van der Waals surface area (Å²) in [5.74, 6) is -1.40. The number of carboxylic acid groups (broad SMARTS) is 1. The molecule has 2 N–H and O–H groups in total. The summed E-state index contributed by atoms with van der Waals surface area (Å²) < 4.78 is 1.58. The zero-order valence-corrected chi connectivity index (χ0v) is 13.4. The van der Waals surface area contributed by atoms with Crippen molar-refractivity contribution in [1.82, 2.24) is 20.3 Å². The van der Waals surface area contributed by atoms with Crippen molar-refractivity contribution in [3.63, 3.8) is 0 Å². The van der Waals surface area contributed by atoms with Crippen LogP contribution in [0.5, 0.6) is 0 Å². The van der Waals surface area contributed by atoms with Crippen LogP contribution in [0, 0.1) is 0 Å². The quantitative estimate of drug-likeness (QED) is 0.806. The maximum Gasteiger partial charge on any atom is 0.305 e. The lowest BCUT2D eigenvalue weighted by Gasteiger charge is -2.07. The van der Waals surface area contributed by atoms with Crippen LogP contribution in [0.15, 0.2) is 24.3 Å². The zero-order valence-electron chi connectivity index (χ0n) is 12.6. The van der Waals surface area contributed by atoms with Crippen LogP contribution in [0.3, 0.4) is 0 Å². The Morgan fingerprint density at radius 2 is 2.17 bits per heavy atom. The van der Waals surface area contributed by atoms with Crippen molar-refractivity contribution in [2.45, 2.75) is 26.2 Å². The van der Waals surface area contributed by atoms with Gasteiger partial charge in [0.25, 0.3) is 5.91 Å². The van der Waals surface area contributed by atoms with Gasteiger partial charge in [-0.2, -0.15) is 0 Å². The molecule has 1 heterocycles. The van der Waals surface area contributed by atoms with Gasteiger partial charge in [0.1, 0.15) is 0 Å². The predicted octanol–water partition coefficient (Wildman–Crippen LogP) is 2.08. The minimum atomic E-state index is -0.971. The summed E-state index contributed by atoms with van der Waals surface area (Å²) in [6.07, 6.45) is 1.28. The molecule has 122 valence electrons. The highest BCUT2D eigenvalue weighted by atomic mass is 35.5. The van der Waals surface area contributed by atoms with Crippen molar-refractivity contribution in [2.24, 2.45) is 0 Å². The van der Waals surface area contributed by atoms with Gasteiger partial charge in [-0.25, -0.2) is 4.68 Å². The van der Waals surface area contributed by atoms with Crippen molar-refractivity contribution < 1.29 is 14.7 Å². The molecule has 0 atom stereocenters. The number of hydrogen-bond donors (Lipinski definition) is 2. The number of hydrogen-bond acceptors (Lipinski definition) is 4. The molecule has 1 amide bonds.